The van der Waals surface area contributed by atoms with Crippen molar-refractivity contribution < 1.29 is 14.3 Å². The van der Waals surface area contributed by atoms with E-state index in [0.717, 1.165) is 5.56 Å². The van der Waals surface area contributed by atoms with Gasteiger partial charge in [-0.3, -0.25) is 4.79 Å². The van der Waals surface area contributed by atoms with Gasteiger partial charge in [0, 0.05) is 17.5 Å². The zero-order chi connectivity index (χ0) is 17.8. The number of ketones is 1. The van der Waals surface area contributed by atoms with E-state index in [4.69, 9.17) is 4.42 Å². The molecule has 2 aromatic carbocycles. The molecule has 0 fully saturated rings. The molecule has 3 aromatic rings. The van der Waals surface area contributed by atoms with E-state index in [-0.39, 0.29) is 22.7 Å². The number of phenolic OH excluding ortho intramolecular Hbond substituents is 1. The van der Waals surface area contributed by atoms with Crippen LogP contribution in [0.3, 0.4) is 0 Å². The summed E-state index contributed by atoms with van der Waals surface area (Å²) in [6.45, 7) is 1.75. The number of hydrogen-bond acceptors (Lipinski definition) is 4. The minimum absolute atomic E-state index is 0.161. The molecule has 1 N–H and O–H groups in total. The standard InChI is InChI=1S/C21H16O4/c1-14-11-21(24)25-20-13-19(23)17(12-16(14)20)18(22)10-6-5-9-15-7-3-2-4-8-15/h2-13,23H,1H3/b9-5+,10-6+. The predicted octanol–water partition coefficient (Wildman–Crippen LogP) is 4.26. The van der Waals surface area contributed by atoms with Crippen LogP contribution in [0.1, 0.15) is 21.5 Å². The van der Waals surface area contributed by atoms with Gasteiger partial charge in [0.25, 0.3) is 0 Å². The van der Waals surface area contributed by atoms with Crippen molar-refractivity contribution in [3.63, 3.8) is 0 Å². The molecule has 0 saturated heterocycles. The second-order valence-corrected chi connectivity index (χ2v) is 5.61. The SMILES string of the molecule is Cc1cc(=O)oc2cc(O)c(C(=O)/C=C/C=C/c3ccccc3)cc12. The number of aryl methyl sites for hydroxylation is 1. The summed E-state index contributed by atoms with van der Waals surface area (Å²) in [6.07, 6.45) is 6.64. The molecule has 4 nitrogen and oxygen atoms in total. The Bertz CT molecular complexity index is 1040. The molecule has 0 saturated carbocycles. The van der Waals surface area contributed by atoms with Crippen LogP contribution < -0.4 is 5.63 Å². The lowest BCUT2D eigenvalue weighted by atomic mass is 10.0. The fourth-order valence-electron chi connectivity index (χ4n) is 2.51. The number of fused-ring (bicyclic) bond motifs is 1. The highest BCUT2D eigenvalue weighted by molar-refractivity contribution is 6.08. The molecule has 0 unspecified atom stereocenters. The normalized spacial score (nSPS) is 11.6. The molecular weight excluding hydrogens is 316 g/mol. The number of benzene rings is 2. The van der Waals surface area contributed by atoms with Gasteiger partial charge in [0.1, 0.15) is 11.3 Å². The highest BCUT2D eigenvalue weighted by atomic mass is 16.4. The van der Waals surface area contributed by atoms with Crippen molar-refractivity contribution >= 4 is 22.8 Å². The van der Waals surface area contributed by atoms with Crippen LogP contribution >= 0.6 is 0 Å². The van der Waals surface area contributed by atoms with Gasteiger partial charge in [-0.25, -0.2) is 4.79 Å². The van der Waals surface area contributed by atoms with Crippen molar-refractivity contribution in [1.82, 2.24) is 0 Å². The summed E-state index contributed by atoms with van der Waals surface area (Å²) < 4.78 is 5.05. The first-order valence-corrected chi connectivity index (χ1v) is 7.76. The second-order valence-electron chi connectivity index (χ2n) is 5.61. The lowest BCUT2D eigenvalue weighted by Gasteiger charge is -2.05. The molecule has 25 heavy (non-hydrogen) atoms. The van der Waals surface area contributed by atoms with E-state index in [1.165, 1.54) is 24.3 Å². The quantitative estimate of drug-likeness (QED) is 0.335. The number of hydrogen-bond donors (Lipinski definition) is 1. The van der Waals surface area contributed by atoms with E-state index in [1.54, 1.807) is 19.1 Å². The first kappa shape index (κ1) is 16.5. The zero-order valence-corrected chi connectivity index (χ0v) is 13.6. The van der Waals surface area contributed by atoms with Crippen LogP contribution in [-0.2, 0) is 0 Å². The van der Waals surface area contributed by atoms with E-state index in [2.05, 4.69) is 0 Å². The van der Waals surface area contributed by atoms with Crippen LogP contribution in [-0.4, -0.2) is 10.9 Å². The molecule has 124 valence electrons. The Balaban J connectivity index is 1.87. The Morgan fingerprint density at radius 2 is 1.84 bits per heavy atom. The maximum Gasteiger partial charge on any atom is 0.336 e. The molecule has 0 aliphatic carbocycles. The van der Waals surface area contributed by atoms with Crippen molar-refractivity contribution in [3.05, 3.63) is 93.9 Å². The Labute approximate surface area is 144 Å². The van der Waals surface area contributed by atoms with Gasteiger partial charge in [0.15, 0.2) is 5.78 Å². The number of phenols is 1. The van der Waals surface area contributed by atoms with Crippen LogP contribution in [0.5, 0.6) is 5.75 Å². The van der Waals surface area contributed by atoms with Crippen LogP contribution in [0, 0.1) is 6.92 Å². The summed E-state index contributed by atoms with van der Waals surface area (Å²) in [5.74, 6) is -0.550. The lowest BCUT2D eigenvalue weighted by molar-refractivity contribution is 0.104. The molecule has 0 radical (unpaired) electrons. The summed E-state index contributed by atoms with van der Waals surface area (Å²) in [4.78, 5) is 23.7. The third-order valence-electron chi connectivity index (χ3n) is 3.78. The molecule has 3 rings (SSSR count). The predicted molar refractivity (Wildman–Crippen MR) is 97.8 cm³/mol. The number of aromatic hydroxyl groups is 1. The van der Waals surface area contributed by atoms with E-state index in [1.807, 2.05) is 36.4 Å². The highest BCUT2D eigenvalue weighted by Gasteiger charge is 2.12. The van der Waals surface area contributed by atoms with Crippen LogP contribution in [0.25, 0.3) is 17.0 Å². The molecular formula is C21H16O4. The van der Waals surface area contributed by atoms with E-state index < -0.39 is 5.63 Å². The van der Waals surface area contributed by atoms with Gasteiger partial charge in [-0.15, -0.1) is 0 Å². The number of allylic oxidation sites excluding steroid dienone is 3. The Hall–Kier alpha value is -3.40. The summed E-state index contributed by atoms with van der Waals surface area (Å²) in [7, 11) is 0. The maximum absolute atomic E-state index is 12.3. The number of rotatable bonds is 4. The minimum Gasteiger partial charge on any atom is -0.507 e. The molecule has 0 spiro atoms. The Kier molecular flexibility index (Phi) is 4.61. The second kappa shape index (κ2) is 7.01. The molecule has 1 heterocycles. The summed E-state index contributed by atoms with van der Waals surface area (Å²) in [5.41, 5.74) is 1.64. The monoisotopic (exact) mass is 332 g/mol. The van der Waals surface area contributed by atoms with E-state index >= 15 is 0 Å². The highest BCUT2D eigenvalue weighted by Crippen LogP contribution is 2.26. The molecule has 0 amide bonds. The van der Waals surface area contributed by atoms with Gasteiger partial charge >= 0.3 is 5.63 Å². The first-order chi connectivity index (χ1) is 12.0. The van der Waals surface area contributed by atoms with Gasteiger partial charge in [0.05, 0.1) is 5.56 Å². The number of carbonyl (C=O) groups excluding carboxylic acids is 1. The summed E-state index contributed by atoms with van der Waals surface area (Å²) in [5, 5.41) is 10.7. The van der Waals surface area contributed by atoms with E-state index in [9.17, 15) is 14.7 Å². The third kappa shape index (κ3) is 3.75. The third-order valence-corrected chi connectivity index (χ3v) is 3.78. The van der Waals surface area contributed by atoms with Crippen molar-refractivity contribution in [2.45, 2.75) is 6.92 Å². The largest absolute Gasteiger partial charge is 0.507 e. The molecule has 0 aliphatic rings. The summed E-state index contributed by atoms with van der Waals surface area (Å²) >= 11 is 0. The van der Waals surface area contributed by atoms with Gasteiger partial charge in [-0.2, -0.15) is 0 Å². The van der Waals surface area contributed by atoms with Crippen molar-refractivity contribution in [1.29, 1.82) is 0 Å². The zero-order valence-electron chi connectivity index (χ0n) is 13.6. The molecule has 1 aromatic heterocycles. The van der Waals surface area contributed by atoms with Gasteiger partial charge < -0.3 is 9.52 Å². The molecule has 0 bridgehead atoms. The Morgan fingerprint density at radius 1 is 1.08 bits per heavy atom. The Morgan fingerprint density at radius 3 is 2.60 bits per heavy atom. The fourth-order valence-corrected chi connectivity index (χ4v) is 2.51. The van der Waals surface area contributed by atoms with Gasteiger partial charge in [-0.1, -0.05) is 48.6 Å². The fraction of sp³-hybridized carbons (Fsp3) is 0.0476. The average Bonchev–Trinajstić information content (AvgIpc) is 2.58. The van der Waals surface area contributed by atoms with Crippen LogP contribution in [0.2, 0.25) is 0 Å². The van der Waals surface area contributed by atoms with Crippen molar-refractivity contribution in [2.75, 3.05) is 0 Å². The smallest absolute Gasteiger partial charge is 0.336 e. The van der Waals surface area contributed by atoms with Gasteiger partial charge in [-0.05, 0) is 30.2 Å². The molecule has 4 heteroatoms. The van der Waals surface area contributed by atoms with Crippen molar-refractivity contribution in [3.8, 4) is 5.75 Å². The average molecular weight is 332 g/mol. The van der Waals surface area contributed by atoms with Crippen LogP contribution in [0.15, 0.2) is 76.0 Å². The molecule has 0 aliphatic heterocycles. The number of carbonyl (C=O) groups is 1. The molecule has 0 atom stereocenters. The minimum atomic E-state index is -0.491. The van der Waals surface area contributed by atoms with Crippen molar-refractivity contribution in [2.24, 2.45) is 0 Å². The van der Waals surface area contributed by atoms with E-state index in [0.29, 0.717) is 10.9 Å². The van der Waals surface area contributed by atoms with Gasteiger partial charge in [0.2, 0.25) is 0 Å². The lowest BCUT2D eigenvalue weighted by Crippen LogP contribution is -2.00. The van der Waals surface area contributed by atoms with Crippen LogP contribution in [0.4, 0.5) is 0 Å². The topological polar surface area (TPSA) is 67.5 Å². The summed E-state index contributed by atoms with van der Waals surface area (Å²) in [6, 6.07) is 13.9. The maximum atomic E-state index is 12.3. The first-order valence-electron chi connectivity index (χ1n) is 7.76.